The number of rotatable bonds is 4. The van der Waals surface area contributed by atoms with Crippen molar-refractivity contribution in [2.75, 3.05) is 13.7 Å². The fourth-order valence-electron chi connectivity index (χ4n) is 2.93. The number of para-hydroxylation sites is 1. The van der Waals surface area contributed by atoms with Crippen LogP contribution in [-0.4, -0.2) is 39.3 Å². The second kappa shape index (κ2) is 6.28. The number of aliphatic hydroxyl groups is 1. The van der Waals surface area contributed by atoms with Crippen LogP contribution in [0.15, 0.2) is 36.8 Å². The molecule has 3 rings (SSSR count). The Morgan fingerprint density at radius 1 is 1.38 bits per heavy atom. The zero-order chi connectivity index (χ0) is 14.7. The van der Waals surface area contributed by atoms with E-state index in [1.54, 1.807) is 7.11 Å². The molecule has 0 fully saturated rings. The number of nitrogens with zero attached hydrogens (tertiary/aromatic N) is 3. The zero-order valence-electron chi connectivity index (χ0n) is 12.3. The van der Waals surface area contributed by atoms with Gasteiger partial charge in [-0.3, -0.25) is 4.90 Å². The van der Waals surface area contributed by atoms with Crippen molar-refractivity contribution in [1.29, 1.82) is 0 Å². The van der Waals surface area contributed by atoms with Crippen LogP contribution in [0.2, 0.25) is 0 Å². The van der Waals surface area contributed by atoms with Crippen LogP contribution in [0.25, 0.3) is 0 Å². The highest BCUT2D eigenvalue weighted by atomic mass is 16.5. The molecule has 0 amide bonds. The maximum atomic E-state index is 9.71. The van der Waals surface area contributed by atoms with E-state index < -0.39 is 0 Å². The summed E-state index contributed by atoms with van der Waals surface area (Å²) >= 11 is 0. The van der Waals surface area contributed by atoms with Crippen LogP contribution in [0.4, 0.5) is 0 Å². The van der Waals surface area contributed by atoms with Crippen molar-refractivity contribution < 1.29 is 9.84 Å². The molecule has 1 aliphatic heterocycles. The number of hydrogen-bond acceptors (Lipinski definition) is 4. The molecular weight excluding hydrogens is 266 g/mol. The molecule has 2 aromatic rings. The fourth-order valence-corrected chi connectivity index (χ4v) is 2.93. The SMILES string of the molecule is COc1ccccc1CN1Cc2cncn2CC[C@@H]1CO. The van der Waals surface area contributed by atoms with Crippen LogP contribution in [0.5, 0.6) is 5.75 Å². The van der Waals surface area contributed by atoms with Crippen molar-refractivity contribution in [3.05, 3.63) is 48.0 Å². The average Bonchev–Trinajstić information content (AvgIpc) is 2.89. The molecule has 0 bridgehead atoms. The average molecular weight is 287 g/mol. The summed E-state index contributed by atoms with van der Waals surface area (Å²) in [4.78, 5) is 6.52. The molecule has 0 spiro atoms. The van der Waals surface area contributed by atoms with Gasteiger partial charge in [-0.25, -0.2) is 4.98 Å². The van der Waals surface area contributed by atoms with Crippen LogP contribution >= 0.6 is 0 Å². The quantitative estimate of drug-likeness (QED) is 0.929. The van der Waals surface area contributed by atoms with E-state index in [1.807, 2.05) is 30.7 Å². The Morgan fingerprint density at radius 2 is 2.24 bits per heavy atom. The number of ether oxygens (including phenoxy) is 1. The van der Waals surface area contributed by atoms with Crippen molar-refractivity contribution in [3.8, 4) is 5.75 Å². The Morgan fingerprint density at radius 3 is 3.05 bits per heavy atom. The molecule has 5 heteroatoms. The minimum atomic E-state index is 0.162. The summed E-state index contributed by atoms with van der Waals surface area (Å²) in [5.74, 6) is 0.895. The van der Waals surface area contributed by atoms with Gasteiger partial charge in [0.2, 0.25) is 0 Å². The molecule has 1 aliphatic rings. The van der Waals surface area contributed by atoms with Crippen molar-refractivity contribution in [3.63, 3.8) is 0 Å². The molecule has 21 heavy (non-hydrogen) atoms. The molecule has 0 radical (unpaired) electrons. The summed E-state index contributed by atoms with van der Waals surface area (Å²) in [6.45, 7) is 2.64. The van der Waals surface area contributed by atoms with E-state index in [1.165, 1.54) is 5.69 Å². The Balaban J connectivity index is 1.84. The topological polar surface area (TPSA) is 50.5 Å². The predicted molar refractivity (Wildman–Crippen MR) is 80.0 cm³/mol. The molecule has 1 aromatic heterocycles. The van der Waals surface area contributed by atoms with Gasteiger partial charge in [-0.2, -0.15) is 0 Å². The minimum absolute atomic E-state index is 0.162. The summed E-state index contributed by atoms with van der Waals surface area (Å²) in [7, 11) is 1.69. The Labute approximate surface area is 124 Å². The highest BCUT2D eigenvalue weighted by Gasteiger charge is 2.24. The minimum Gasteiger partial charge on any atom is -0.496 e. The van der Waals surface area contributed by atoms with E-state index in [0.29, 0.717) is 0 Å². The lowest BCUT2D eigenvalue weighted by atomic mass is 10.1. The van der Waals surface area contributed by atoms with Gasteiger partial charge in [-0.05, 0) is 12.5 Å². The number of methoxy groups -OCH3 is 1. The molecule has 0 aliphatic carbocycles. The summed E-state index contributed by atoms with van der Waals surface area (Å²) < 4.78 is 7.61. The van der Waals surface area contributed by atoms with E-state index in [0.717, 1.165) is 37.4 Å². The van der Waals surface area contributed by atoms with Gasteiger partial charge in [-0.15, -0.1) is 0 Å². The number of aliphatic hydroxyl groups excluding tert-OH is 1. The summed E-state index contributed by atoms with van der Waals surface area (Å²) in [6, 6.07) is 8.22. The van der Waals surface area contributed by atoms with Crippen LogP contribution in [0.3, 0.4) is 0 Å². The first-order chi connectivity index (χ1) is 10.3. The zero-order valence-corrected chi connectivity index (χ0v) is 12.3. The molecule has 112 valence electrons. The maximum Gasteiger partial charge on any atom is 0.123 e. The highest BCUT2D eigenvalue weighted by Crippen LogP contribution is 2.24. The monoisotopic (exact) mass is 287 g/mol. The van der Waals surface area contributed by atoms with Gasteiger partial charge in [0.25, 0.3) is 0 Å². The number of imidazole rings is 1. The van der Waals surface area contributed by atoms with Crippen molar-refractivity contribution in [2.24, 2.45) is 0 Å². The third-order valence-electron chi connectivity index (χ3n) is 4.16. The molecule has 1 atom stereocenters. The van der Waals surface area contributed by atoms with Crippen LogP contribution in [0, 0.1) is 0 Å². The van der Waals surface area contributed by atoms with Gasteiger partial charge in [0.05, 0.1) is 25.7 Å². The van der Waals surface area contributed by atoms with E-state index in [9.17, 15) is 5.11 Å². The molecule has 0 saturated carbocycles. The number of benzene rings is 1. The van der Waals surface area contributed by atoms with Crippen LogP contribution in [0.1, 0.15) is 17.7 Å². The summed E-state index contributed by atoms with van der Waals surface area (Å²) in [5, 5.41) is 9.71. The van der Waals surface area contributed by atoms with Gasteiger partial charge < -0.3 is 14.4 Å². The Hall–Kier alpha value is -1.85. The lowest BCUT2D eigenvalue weighted by Crippen LogP contribution is -2.36. The molecule has 0 unspecified atom stereocenters. The van der Waals surface area contributed by atoms with Crippen molar-refractivity contribution in [1.82, 2.24) is 14.5 Å². The fraction of sp³-hybridized carbons (Fsp3) is 0.438. The van der Waals surface area contributed by atoms with E-state index >= 15 is 0 Å². The third-order valence-corrected chi connectivity index (χ3v) is 4.16. The van der Waals surface area contributed by atoms with Gasteiger partial charge in [0.15, 0.2) is 0 Å². The molecule has 1 aromatic carbocycles. The third kappa shape index (κ3) is 2.94. The molecule has 5 nitrogen and oxygen atoms in total. The Bertz CT molecular complexity index is 597. The lowest BCUT2D eigenvalue weighted by molar-refractivity contribution is 0.107. The van der Waals surface area contributed by atoms with Crippen molar-refractivity contribution in [2.45, 2.75) is 32.1 Å². The smallest absolute Gasteiger partial charge is 0.123 e. The summed E-state index contributed by atoms with van der Waals surface area (Å²) in [5.41, 5.74) is 2.34. The van der Waals surface area contributed by atoms with E-state index in [4.69, 9.17) is 4.74 Å². The maximum absolute atomic E-state index is 9.71. The first-order valence-corrected chi connectivity index (χ1v) is 7.27. The molecular formula is C16H21N3O2. The first kappa shape index (κ1) is 14.1. The van der Waals surface area contributed by atoms with Crippen LogP contribution < -0.4 is 4.74 Å². The van der Waals surface area contributed by atoms with Gasteiger partial charge in [0, 0.05) is 37.4 Å². The molecule has 2 heterocycles. The number of aromatic nitrogens is 2. The Kier molecular flexibility index (Phi) is 4.22. The largest absolute Gasteiger partial charge is 0.496 e. The van der Waals surface area contributed by atoms with E-state index in [-0.39, 0.29) is 12.6 Å². The molecule has 0 saturated heterocycles. The number of fused-ring (bicyclic) bond motifs is 1. The molecule has 1 N–H and O–H groups in total. The first-order valence-electron chi connectivity index (χ1n) is 7.27. The van der Waals surface area contributed by atoms with Gasteiger partial charge >= 0.3 is 0 Å². The predicted octanol–water partition coefficient (Wildman–Crippen LogP) is 1.66. The second-order valence-electron chi connectivity index (χ2n) is 5.42. The van der Waals surface area contributed by atoms with Crippen LogP contribution in [-0.2, 0) is 19.6 Å². The van der Waals surface area contributed by atoms with Gasteiger partial charge in [-0.1, -0.05) is 18.2 Å². The van der Waals surface area contributed by atoms with Gasteiger partial charge in [0.1, 0.15) is 5.75 Å². The standard InChI is InChI=1S/C16H21N3O2/c1-21-16-5-3-2-4-13(16)9-19-10-15-8-17-12-18(15)7-6-14(19)11-20/h2-5,8,12,14,20H,6-7,9-11H2,1H3/t14-/m1/s1. The highest BCUT2D eigenvalue weighted by molar-refractivity contribution is 5.33. The summed E-state index contributed by atoms with van der Waals surface area (Å²) in [6.07, 6.45) is 4.71. The number of hydrogen-bond donors (Lipinski definition) is 1. The van der Waals surface area contributed by atoms with E-state index in [2.05, 4.69) is 20.5 Å². The lowest BCUT2D eigenvalue weighted by Gasteiger charge is -2.28. The van der Waals surface area contributed by atoms with Crippen molar-refractivity contribution >= 4 is 0 Å². The normalized spacial score (nSPS) is 19.0. The second-order valence-corrected chi connectivity index (χ2v) is 5.42. The number of aryl methyl sites for hydroxylation is 1.